The summed E-state index contributed by atoms with van der Waals surface area (Å²) in [4.78, 5) is 31.4. The second kappa shape index (κ2) is 3.91. The summed E-state index contributed by atoms with van der Waals surface area (Å²) in [6, 6.07) is 0. The molecule has 0 saturated heterocycles. The molecule has 2 aliphatic carbocycles. The molecule has 0 bridgehead atoms. The van der Waals surface area contributed by atoms with E-state index >= 15 is 0 Å². The molecule has 0 amide bonds. The summed E-state index contributed by atoms with van der Waals surface area (Å²) in [6.07, 6.45) is 5.18. The first kappa shape index (κ1) is 12.8. The molecule has 0 aromatic carbocycles. The monoisotopic (exact) mass is 248 g/mol. The van der Waals surface area contributed by atoms with E-state index in [2.05, 4.69) is 13.8 Å². The van der Waals surface area contributed by atoms with E-state index in [0.29, 0.717) is 11.8 Å². The third-order valence-electron chi connectivity index (χ3n) is 4.74. The van der Waals surface area contributed by atoms with Crippen molar-refractivity contribution in [2.75, 3.05) is 0 Å². The van der Waals surface area contributed by atoms with Gasteiger partial charge in [-0.15, -0.1) is 0 Å². The molecule has 0 heterocycles. The predicted molar refractivity (Wildman–Crippen MR) is 67.2 cm³/mol. The van der Waals surface area contributed by atoms with Gasteiger partial charge in [-0.05, 0) is 0 Å². The summed E-state index contributed by atoms with van der Waals surface area (Å²) in [5.74, 6) is 1.05. The summed E-state index contributed by atoms with van der Waals surface area (Å²) in [5, 5.41) is 0. The first-order valence-corrected chi connectivity index (χ1v) is 8.77. The van der Waals surface area contributed by atoms with Crippen LogP contribution in [0.2, 0.25) is 0 Å². The minimum absolute atomic E-state index is 0.240. The van der Waals surface area contributed by atoms with E-state index in [0.717, 1.165) is 38.5 Å². The van der Waals surface area contributed by atoms with Gasteiger partial charge in [-0.25, -0.2) is 0 Å². The van der Waals surface area contributed by atoms with Crippen molar-refractivity contribution in [3.63, 3.8) is 0 Å². The van der Waals surface area contributed by atoms with Gasteiger partial charge in [0.15, 0.2) is 0 Å². The van der Waals surface area contributed by atoms with Crippen LogP contribution in [0.25, 0.3) is 0 Å². The van der Waals surface area contributed by atoms with Crippen LogP contribution in [0.5, 0.6) is 0 Å². The van der Waals surface area contributed by atoms with Gasteiger partial charge in [-0.3, -0.25) is 0 Å². The van der Waals surface area contributed by atoms with Crippen LogP contribution in [0.4, 0.5) is 0 Å². The van der Waals surface area contributed by atoms with E-state index in [4.69, 9.17) is 0 Å². The molecule has 4 unspecified atom stereocenters. The van der Waals surface area contributed by atoms with Gasteiger partial charge in [0, 0.05) is 0 Å². The molecule has 4 heteroatoms. The third-order valence-corrected chi connectivity index (χ3v) is 8.48. The van der Waals surface area contributed by atoms with Gasteiger partial charge < -0.3 is 0 Å². The fourth-order valence-corrected chi connectivity index (χ4v) is 6.97. The van der Waals surface area contributed by atoms with Gasteiger partial charge in [0.2, 0.25) is 0 Å². The Morgan fingerprint density at radius 2 is 1.12 bits per heavy atom. The van der Waals surface area contributed by atoms with Crippen LogP contribution in [0, 0.1) is 11.8 Å². The molecule has 16 heavy (non-hydrogen) atoms. The molecule has 0 spiro atoms. The molecule has 0 aromatic rings. The fourth-order valence-electron chi connectivity index (χ4n) is 3.55. The Balaban J connectivity index is 2.14. The average Bonchev–Trinajstić information content (AvgIpc) is 2.73. The Labute approximate surface area is 98.1 Å². The SMILES string of the molecule is CC1CCC(P(O)(O)(O)C2CCC(C)C2)C1. The van der Waals surface area contributed by atoms with E-state index in [1.165, 1.54) is 0 Å². The van der Waals surface area contributed by atoms with E-state index in [9.17, 15) is 14.7 Å². The molecule has 2 saturated carbocycles. The predicted octanol–water partition coefficient (Wildman–Crippen LogP) is 2.64. The second-order valence-corrected chi connectivity index (χ2v) is 9.94. The standard InChI is InChI=1S/C12H25O3P/c1-9-3-5-11(7-9)16(13,14,15)12-6-4-10(2)8-12/h9-15H,3-8H2,1-2H3. The maximum absolute atomic E-state index is 10.5. The van der Waals surface area contributed by atoms with Gasteiger partial charge in [-0.1, -0.05) is 0 Å². The molecule has 2 fully saturated rings. The Kier molecular flexibility index (Phi) is 3.12. The number of rotatable bonds is 2. The van der Waals surface area contributed by atoms with Gasteiger partial charge in [0.1, 0.15) is 0 Å². The van der Waals surface area contributed by atoms with Crippen molar-refractivity contribution >= 4 is 7.28 Å². The van der Waals surface area contributed by atoms with Crippen molar-refractivity contribution in [1.29, 1.82) is 0 Å². The Morgan fingerprint density at radius 3 is 1.38 bits per heavy atom. The Morgan fingerprint density at radius 1 is 0.750 bits per heavy atom. The van der Waals surface area contributed by atoms with Gasteiger partial charge >= 0.3 is 97.5 Å². The maximum atomic E-state index is 10.5. The normalized spacial score (nSPS) is 43.2. The topological polar surface area (TPSA) is 60.7 Å². The molecular formula is C12H25O3P. The molecule has 0 radical (unpaired) electrons. The zero-order valence-corrected chi connectivity index (χ0v) is 11.2. The van der Waals surface area contributed by atoms with Gasteiger partial charge in [-0.2, -0.15) is 0 Å². The summed E-state index contributed by atoms with van der Waals surface area (Å²) in [5.41, 5.74) is -0.479. The van der Waals surface area contributed by atoms with Crippen LogP contribution >= 0.6 is 7.28 Å². The van der Waals surface area contributed by atoms with Gasteiger partial charge in [0.05, 0.1) is 0 Å². The Bertz CT molecular complexity index is 247. The summed E-state index contributed by atoms with van der Waals surface area (Å²) in [7, 11) is -4.40. The zero-order chi connectivity index (χ0) is 12.0. The minimum atomic E-state index is -4.40. The van der Waals surface area contributed by atoms with Crippen molar-refractivity contribution in [2.45, 2.75) is 63.7 Å². The molecule has 96 valence electrons. The summed E-state index contributed by atoms with van der Waals surface area (Å²) >= 11 is 0. The van der Waals surface area contributed by atoms with Crippen LogP contribution in [0.3, 0.4) is 0 Å². The fraction of sp³-hybridized carbons (Fsp3) is 1.00. The molecule has 0 aromatic heterocycles. The quantitative estimate of drug-likeness (QED) is 0.658. The van der Waals surface area contributed by atoms with Crippen molar-refractivity contribution < 1.29 is 14.7 Å². The van der Waals surface area contributed by atoms with Crippen LogP contribution in [-0.4, -0.2) is 26.0 Å². The van der Waals surface area contributed by atoms with Gasteiger partial charge in [0.25, 0.3) is 0 Å². The van der Waals surface area contributed by atoms with E-state index in [1.54, 1.807) is 0 Å². The number of hydrogen-bond acceptors (Lipinski definition) is 3. The second-order valence-electron chi connectivity index (χ2n) is 6.25. The van der Waals surface area contributed by atoms with Crippen LogP contribution in [0.15, 0.2) is 0 Å². The van der Waals surface area contributed by atoms with E-state index in [1.807, 2.05) is 0 Å². The molecule has 0 aliphatic heterocycles. The average molecular weight is 248 g/mol. The van der Waals surface area contributed by atoms with E-state index in [-0.39, 0.29) is 11.3 Å². The van der Waals surface area contributed by atoms with Crippen molar-refractivity contribution in [2.24, 2.45) is 11.8 Å². The van der Waals surface area contributed by atoms with Crippen molar-refractivity contribution in [3.8, 4) is 0 Å². The summed E-state index contributed by atoms with van der Waals surface area (Å²) < 4.78 is 0. The molecule has 3 N–H and O–H groups in total. The summed E-state index contributed by atoms with van der Waals surface area (Å²) in [6.45, 7) is 4.26. The first-order chi connectivity index (χ1) is 7.28. The van der Waals surface area contributed by atoms with Crippen LogP contribution < -0.4 is 0 Å². The number of hydrogen-bond donors (Lipinski definition) is 3. The molecular weight excluding hydrogens is 223 g/mol. The van der Waals surface area contributed by atoms with E-state index < -0.39 is 7.28 Å². The zero-order valence-electron chi connectivity index (χ0n) is 10.3. The molecule has 2 rings (SSSR count). The third kappa shape index (κ3) is 2.15. The van der Waals surface area contributed by atoms with Crippen molar-refractivity contribution in [1.82, 2.24) is 0 Å². The van der Waals surface area contributed by atoms with Crippen molar-refractivity contribution in [3.05, 3.63) is 0 Å². The first-order valence-electron chi connectivity index (χ1n) is 6.54. The molecule has 4 atom stereocenters. The van der Waals surface area contributed by atoms with Crippen LogP contribution in [0.1, 0.15) is 52.4 Å². The molecule has 3 nitrogen and oxygen atoms in total. The Hall–Kier alpha value is 0.310. The molecule has 2 aliphatic rings. The van der Waals surface area contributed by atoms with Crippen LogP contribution in [-0.2, 0) is 0 Å².